The number of halogens is 1. The van der Waals surface area contributed by atoms with E-state index in [1.807, 2.05) is 12.3 Å². The molecule has 0 aromatic heterocycles. The van der Waals surface area contributed by atoms with E-state index in [2.05, 4.69) is 5.32 Å². The summed E-state index contributed by atoms with van der Waals surface area (Å²) in [6.45, 7) is 0.406. The zero-order valence-electron chi connectivity index (χ0n) is 9.44. The lowest BCUT2D eigenvalue weighted by Crippen LogP contribution is -2.17. The fourth-order valence-corrected chi connectivity index (χ4v) is 2.50. The molecule has 3 nitrogen and oxygen atoms in total. The zero-order valence-corrected chi connectivity index (χ0v) is 10.3. The summed E-state index contributed by atoms with van der Waals surface area (Å²) < 4.78 is 13.8. The van der Waals surface area contributed by atoms with Crippen molar-refractivity contribution in [1.82, 2.24) is 5.32 Å². The Morgan fingerprint density at radius 3 is 2.88 bits per heavy atom. The van der Waals surface area contributed by atoms with Gasteiger partial charge < -0.3 is 10.4 Å². The normalized spacial score (nSPS) is 23.9. The van der Waals surface area contributed by atoms with Gasteiger partial charge in [-0.2, -0.15) is 0 Å². The Kier molecular flexibility index (Phi) is 3.69. The molecule has 1 fully saturated rings. The summed E-state index contributed by atoms with van der Waals surface area (Å²) in [6, 6.07) is 4.91. The number of aliphatic carboxylic acids is 1. The zero-order chi connectivity index (χ0) is 12.4. The SMILES string of the molecule is CSc1ccc(C2CC(C(=O)O)CN2)c(F)c1. The van der Waals surface area contributed by atoms with Gasteiger partial charge in [0, 0.05) is 23.0 Å². The molecule has 0 radical (unpaired) electrons. The van der Waals surface area contributed by atoms with E-state index < -0.39 is 11.9 Å². The molecule has 5 heteroatoms. The molecule has 1 aromatic rings. The fraction of sp³-hybridized carbons (Fsp3) is 0.417. The van der Waals surface area contributed by atoms with Gasteiger partial charge in [0.2, 0.25) is 0 Å². The maximum atomic E-state index is 13.8. The van der Waals surface area contributed by atoms with Crippen molar-refractivity contribution in [3.05, 3.63) is 29.6 Å². The van der Waals surface area contributed by atoms with E-state index in [1.165, 1.54) is 17.8 Å². The number of nitrogens with one attached hydrogen (secondary N) is 1. The van der Waals surface area contributed by atoms with Crippen LogP contribution in [0.2, 0.25) is 0 Å². The van der Waals surface area contributed by atoms with E-state index in [4.69, 9.17) is 5.11 Å². The first-order valence-corrected chi connectivity index (χ1v) is 6.64. The topological polar surface area (TPSA) is 49.3 Å². The predicted molar refractivity (Wildman–Crippen MR) is 64.7 cm³/mol. The van der Waals surface area contributed by atoms with Gasteiger partial charge in [0.05, 0.1) is 5.92 Å². The average Bonchev–Trinajstić information content (AvgIpc) is 2.78. The largest absolute Gasteiger partial charge is 0.481 e. The van der Waals surface area contributed by atoms with Crippen LogP contribution < -0.4 is 5.32 Å². The maximum Gasteiger partial charge on any atom is 0.307 e. The Morgan fingerprint density at radius 2 is 2.35 bits per heavy atom. The second-order valence-electron chi connectivity index (χ2n) is 4.12. The van der Waals surface area contributed by atoms with Crippen molar-refractivity contribution >= 4 is 17.7 Å². The molecule has 2 N–H and O–H groups in total. The number of hydrogen-bond acceptors (Lipinski definition) is 3. The molecule has 0 bridgehead atoms. The lowest BCUT2D eigenvalue weighted by Gasteiger charge is -2.12. The predicted octanol–water partition coefficient (Wildman–Crippen LogP) is 2.28. The fourth-order valence-electron chi connectivity index (χ4n) is 2.08. The van der Waals surface area contributed by atoms with Crippen LogP contribution in [0.3, 0.4) is 0 Å². The van der Waals surface area contributed by atoms with Crippen LogP contribution >= 0.6 is 11.8 Å². The van der Waals surface area contributed by atoms with Crippen molar-refractivity contribution in [2.45, 2.75) is 17.4 Å². The Balaban J connectivity index is 2.16. The van der Waals surface area contributed by atoms with Gasteiger partial charge in [0.1, 0.15) is 5.82 Å². The monoisotopic (exact) mass is 255 g/mol. The molecule has 2 unspecified atom stereocenters. The van der Waals surface area contributed by atoms with Gasteiger partial charge >= 0.3 is 5.97 Å². The third-order valence-electron chi connectivity index (χ3n) is 3.06. The highest BCUT2D eigenvalue weighted by molar-refractivity contribution is 7.98. The van der Waals surface area contributed by atoms with E-state index >= 15 is 0 Å². The summed E-state index contributed by atoms with van der Waals surface area (Å²) in [5.41, 5.74) is 0.562. The maximum absolute atomic E-state index is 13.8. The van der Waals surface area contributed by atoms with Crippen LogP contribution in [0.1, 0.15) is 18.0 Å². The average molecular weight is 255 g/mol. The minimum absolute atomic E-state index is 0.188. The van der Waals surface area contributed by atoms with Gasteiger partial charge in [0.25, 0.3) is 0 Å². The summed E-state index contributed by atoms with van der Waals surface area (Å²) in [4.78, 5) is 11.7. The van der Waals surface area contributed by atoms with Gasteiger partial charge in [-0.15, -0.1) is 11.8 Å². The number of hydrogen-bond donors (Lipinski definition) is 2. The highest BCUT2D eigenvalue weighted by Crippen LogP contribution is 2.30. The number of carbonyl (C=O) groups is 1. The number of carboxylic acid groups (broad SMARTS) is 1. The second-order valence-corrected chi connectivity index (χ2v) is 5.00. The van der Waals surface area contributed by atoms with Crippen LogP contribution in [0.25, 0.3) is 0 Å². The molecule has 0 aliphatic carbocycles. The van der Waals surface area contributed by atoms with E-state index in [1.54, 1.807) is 6.07 Å². The minimum atomic E-state index is -0.818. The summed E-state index contributed by atoms with van der Waals surface area (Å²) in [7, 11) is 0. The van der Waals surface area contributed by atoms with Crippen molar-refractivity contribution in [3.8, 4) is 0 Å². The molecule has 2 atom stereocenters. The molecule has 1 heterocycles. The third kappa shape index (κ3) is 2.61. The minimum Gasteiger partial charge on any atom is -0.481 e. The second kappa shape index (κ2) is 5.06. The quantitative estimate of drug-likeness (QED) is 0.814. The van der Waals surface area contributed by atoms with Gasteiger partial charge in [-0.3, -0.25) is 4.79 Å². The van der Waals surface area contributed by atoms with Crippen LogP contribution in [0.15, 0.2) is 23.1 Å². The molecule has 1 aromatic carbocycles. The van der Waals surface area contributed by atoms with Crippen LogP contribution in [-0.2, 0) is 4.79 Å². The lowest BCUT2D eigenvalue weighted by molar-refractivity contribution is -0.141. The van der Waals surface area contributed by atoms with Crippen LogP contribution in [0.5, 0.6) is 0 Å². The summed E-state index contributed by atoms with van der Waals surface area (Å²) in [5, 5.41) is 11.9. The van der Waals surface area contributed by atoms with Crippen molar-refractivity contribution in [2.75, 3.05) is 12.8 Å². The van der Waals surface area contributed by atoms with Crippen molar-refractivity contribution in [1.29, 1.82) is 0 Å². The molecular formula is C12H14FNO2S. The van der Waals surface area contributed by atoms with Gasteiger partial charge in [-0.1, -0.05) is 6.07 Å². The molecule has 1 aliphatic heterocycles. The van der Waals surface area contributed by atoms with E-state index in [0.29, 0.717) is 18.5 Å². The van der Waals surface area contributed by atoms with E-state index in [9.17, 15) is 9.18 Å². The number of rotatable bonds is 3. The summed E-state index contributed by atoms with van der Waals surface area (Å²) >= 11 is 1.49. The van der Waals surface area contributed by atoms with Gasteiger partial charge in [-0.25, -0.2) is 4.39 Å². The Labute approximate surface area is 103 Å². The molecule has 2 rings (SSSR count). The van der Waals surface area contributed by atoms with E-state index in [-0.39, 0.29) is 11.9 Å². The Hall–Kier alpha value is -1.07. The molecule has 1 aliphatic rings. The first-order chi connectivity index (χ1) is 8.11. The molecule has 0 amide bonds. The highest BCUT2D eigenvalue weighted by Gasteiger charge is 2.31. The van der Waals surface area contributed by atoms with Crippen molar-refractivity contribution in [2.24, 2.45) is 5.92 Å². The van der Waals surface area contributed by atoms with Gasteiger partial charge in [0.15, 0.2) is 0 Å². The number of thioether (sulfide) groups is 1. The molecule has 17 heavy (non-hydrogen) atoms. The third-order valence-corrected chi connectivity index (χ3v) is 3.79. The number of benzene rings is 1. The van der Waals surface area contributed by atoms with Crippen molar-refractivity contribution in [3.63, 3.8) is 0 Å². The van der Waals surface area contributed by atoms with Gasteiger partial charge in [-0.05, 0) is 24.8 Å². The first kappa shape index (κ1) is 12.4. The standard InChI is InChI=1S/C12H14FNO2S/c1-17-8-2-3-9(10(13)5-8)11-4-7(6-14-11)12(15)16/h2-3,5,7,11,14H,4,6H2,1H3,(H,15,16). The molecular weight excluding hydrogens is 241 g/mol. The highest BCUT2D eigenvalue weighted by atomic mass is 32.2. The molecule has 1 saturated heterocycles. The summed E-state index contributed by atoms with van der Waals surface area (Å²) in [6.07, 6.45) is 2.34. The first-order valence-electron chi connectivity index (χ1n) is 5.41. The van der Waals surface area contributed by atoms with Crippen LogP contribution in [0.4, 0.5) is 4.39 Å². The van der Waals surface area contributed by atoms with Crippen LogP contribution in [0, 0.1) is 11.7 Å². The Bertz CT molecular complexity index is 439. The summed E-state index contributed by atoms with van der Waals surface area (Å²) in [5.74, 6) is -1.50. The number of carboxylic acids is 1. The molecule has 0 saturated carbocycles. The van der Waals surface area contributed by atoms with Crippen LogP contribution in [-0.4, -0.2) is 23.9 Å². The smallest absolute Gasteiger partial charge is 0.307 e. The lowest BCUT2D eigenvalue weighted by atomic mass is 10.00. The van der Waals surface area contributed by atoms with E-state index in [0.717, 1.165) is 4.90 Å². The molecule has 0 spiro atoms. The molecule has 92 valence electrons. The Morgan fingerprint density at radius 1 is 1.59 bits per heavy atom. The van der Waals surface area contributed by atoms with Crippen molar-refractivity contribution < 1.29 is 14.3 Å².